The molecule has 2 aromatic carbocycles. The second-order valence-corrected chi connectivity index (χ2v) is 13.8. The lowest BCUT2D eigenvalue weighted by atomic mass is 9.84. The fraction of sp³-hybridized carbons (Fsp3) is 0.429. The first-order valence-corrected chi connectivity index (χ1v) is 17.0. The summed E-state index contributed by atoms with van der Waals surface area (Å²) in [5, 5.41) is 8.06. The number of nitrogens with one attached hydrogen (secondary N) is 2. The number of rotatable bonds is 12. The van der Waals surface area contributed by atoms with Crippen molar-refractivity contribution in [3.05, 3.63) is 104 Å². The van der Waals surface area contributed by atoms with Gasteiger partial charge in [-0.1, -0.05) is 28.8 Å². The number of hydrogen-bond acceptors (Lipinski definition) is 8. The summed E-state index contributed by atoms with van der Waals surface area (Å²) in [6, 6.07) is 5.90. The quantitative estimate of drug-likeness (QED) is 0.0815. The number of alkyl halides is 3. The highest BCUT2D eigenvalue weighted by Crippen LogP contribution is 2.34. The second-order valence-electron chi connectivity index (χ2n) is 13.4. The molecular formula is C35H36ClF6N7O6. The maximum atomic E-state index is 15.3. The Labute approximate surface area is 315 Å². The average Bonchev–Trinajstić information content (AvgIpc) is 3.09. The zero-order chi connectivity index (χ0) is 40.5. The van der Waals surface area contributed by atoms with Crippen LogP contribution in [0.5, 0.6) is 0 Å². The van der Waals surface area contributed by atoms with E-state index in [2.05, 4.69) is 20.3 Å². The summed E-state index contributed by atoms with van der Waals surface area (Å²) in [4.78, 5) is 46.7. The number of halogens is 7. The maximum absolute atomic E-state index is 15.3. The van der Waals surface area contributed by atoms with Gasteiger partial charge in [0.15, 0.2) is 0 Å². The summed E-state index contributed by atoms with van der Waals surface area (Å²) in [6.07, 6.45) is -5.66. The van der Waals surface area contributed by atoms with E-state index in [0.29, 0.717) is 16.7 Å². The molecule has 1 aliphatic heterocycles. The molecule has 1 saturated heterocycles. The molecule has 3 amide bonds. The number of nitrogens with zero attached hydrogens (tertiary/aromatic N) is 5. The van der Waals surface area contributed by atoms with Gasteiger partial charge in [0.25, 0.3) is 0 Å². The third-order valence-corrected chi connectivity index (χ3v) is 8.30. The van der Waals surface area contributed by atoms with Crippen molar-refractivity contribution >= 4 is 35.4 Å². The van der Waals surface area contributed by atoms with Crippen molar-refractivity contribution < 1.29 is 54.9 Å². The molecule has 3 aromatic rings. The molecule has 2 N–H and O–H groups in total. The monoisotopic (exact) mass is 799 g/mol. The van der Waals surface area contributed by atoms with E-state index in [1.54, 1.807) is 26.1 Å². The van der Waals surface area contributed by atoms with E-state index >= 15 is 4.39 Å². The lowest BCUT2D eigenvalue weighted by Gasteiger charge is -2.39. The number of azide groups is 1. The Morgan fingerprint density at radius 2 is 1.75 bits per heavy atom. The summed E-state index contributed by atoms with van der Waals surface area (Å²) in [5.74, 6) is -4.94. The largest absolute Gasteiger partial charge is 0.447 e. The van der Waals surface area contributed by atoms with Gasteiger partial charge in [0, 0.05) is 27.5 Å². The molecule has 0 bridgehead atoms. The van der Waals surface area contributed by atoms with Crippen LogP contribution in [0.15, 0.2) is 60.0 Å². The number of aromatic nitrogens is 1. The smallest absolute Gasteiger partial charge is 0.410 e. The molecule has 55 heavy (non-hydrogen) atoms. The van der Waals surface area contributed by atoms with Gasteiger partial charge in [-0.2, -0.15) is 13.2 Å². The first kappa shape index (κ1) is 42.5. The number of alkyl carbamates (subject to hydrolysis) is 1. The van der Waals surface area contributed by atoms with Crippen LogP contribution in [0.4, 0.5) is 41.6 Å². The standard InChI is InChI=1S/C35H36ClF6N7O6/c1-34(2,3)55-33(52)49-15-25(53-16-24(49)17-54-32(51)45-18-35(40,41)42)8-9-26-27(39)13-44-14-28(26)46-31(50)30(47-48-43)29(19-4-6-21(36)7-5-19)20-10-22(37)12-23(38)11-20/h4-7,10-14,24-25,29-30H,8-9,15-18H2,1-3H3,(H,45,51)(H,46,50)/t24-,25+,29-,30?/m0/s1. The van der Waals surface area contributed by atoms with Crippen LogP contribution in [-0.4, -0.2) is 84.2 Å². The van der Waals surface area contributed by atoms with Gasteiger partial charge in [0.05, 0.1) is 43.4 Å². The van der Waals surface area contributed by atoms with Crippen LogP contribution >= 0.6 is 11.6 Å². The lowest BCUT2D eigenvalue weighted by molar-refractivity contribution is -0.124. The summed E-state index contributed by atoms with van der Waals surface area (Å²) in [6.45, 7) is 2.29. The van der Waals surface area contributed by atoms with Crippen molar-refractivity contribution in [1.82, 2.24) is 15.2 Å². The third-order valence-electron chi connectivity index (χ3n) is 8.05. The van der Waals surface area contributed by atoms with Crippen molar-refractivity contribution in [1.29, 1.82) is 0 Å². The van der Waals surface area contributed by atoms with Gasteiger partial charge in [-0.05, 0) is 74.5 Å². The molecule has 1 aromatic heterocycles. The summed E-state index contributed by atoms with van der Waals surface area (Å²) < 4.78 is 97.8. The molecule has 296 valence electrons. The molecule has 2 heterocycles. The number of hydrogen-bond donors (Lipinski definition) is 2. The van der Waals surface area contributed by atoms with E-state index in [9.17, 15) is 41.9 Å². The normalized spacial score (nSPS) is 17.0. The number of ether oxygens (including phenoxy) is 3. The molecule has 0 saturated carbocycles. The Balaban J connectivity index is 1.53. The van der Waals surface area contributed by atoms with Crippen molar-refractivity contribution in [2.24, 2.45) is 5.11 Å². The number of morpholine rings is 1. The van der Waals surface area contributed by atoms with Gasteiger partial charge >= 0.3 is 18.4 Å². The van der Waals surface area contributed by atoms with E-state index in [4.69, 9.17) is 25.8 Å². The average molecular weight is 800 g/mol. The highest BCUT2D eigenvalue weighted by Gasteiger charge is 2.37. The highest BCUT2D eigenvalue weighted by atomic mass is 35.5. The van der Waals surface area contributed by atoms with Crippen LogP contribution in [0.3, 0.4) is 0 Å². The van der Waals surface area contributed by atoms with Gasteiger partial charge in [-0.3, -0.25) is 14.7 Å². The Bertz CT molecular complexity index is 1870. The van der Waals surface area contributed by atoms with Gasteiger partial charge < -0.3 is 24.8 Å². The van der Waals surface area contributed by atoms with Gasteiger partial charge in [0.2, 0.25) is 5.91 Å². The molecule has 1 unspecified atom stereocenters. The number of anilines is 1. The van der Waals surface area contributed by atoms with E-state index in [1.807, 2.05) is 0 Å². The fourth-order valence-corrected chi connectivity index (χ4v) is 5.78. The third kappa shape index (κ3) is 12.7. The minimum atomic E-state index is -4.67. The van der Waals surface area contributed by atoms with E-state index in [0.717, 1.165) is 24.5 Å². The molecule has 0 spiro atoms. The summed E-state index contributed by atoms with van der Waals surface area (Å²) >= 11 is 6.04. The predicted octanol–water partition coefficient (Wildman–Crippen LogP) is 7.83. The molecule has 0 aliphatic carbocycles. The number of benzene rings is 2. The molecule has 4 atom stereocenters. The SMILES string of the molecule is CC(C)(C)OC(=O)N1C[C@@H](CCc2c(F)cncc2NC(=O)C(N=[N+]=[N-])[C@@H](c2ccc(Cl)cc2)c2cc(F)cc(F)c2)OC[C@H]1COC(=O)NCC(F)(F)F. The number of amides is 3. The van der Waals surface area contributed by atoms with Crippen LogP contribution in [0.1, 0.15) is 49.8 Å². The first-order chi connectivity index (χ1) is 25.8. The van der Waals surface area contributed by atoms with Crippen LogP contribution in [0, 0.1) is 17.5 Å². The van der Waals surface area contributed by atoms with Gasteiger partial charge in [-0.25, -0.2) is 22.8 Å². The van der Waals surface area contributed by atoms with E-state index in [1.165, 1.54) is 29.2 Å². The second kappa shape index (κ2) is 18.4. The minimum absolute atomic E-state index is 0.0402. The van der Waals surface area contributed by atoms with E-state index in [-0.39, 0.29) is 42.8 Å². The topological polar surface area (TPSA) is 168 Å². The molecule has 20 heteroatoms. The zero-order valence-electron chi connectivity index (χ0n) is 29.6. The molecule has 1 aliphatic rings. The molecule has 4 rings (SSSR count). The Kier molecular flexibility index (Phi) is 14.2. The molecular weight excluding hydrogens is 764 g/mol. The Morgan fingerprint density at radius 3 is 2.36 bits per heavy atom. The van der Waals surface area contributed by atoms with Crippen molar-refractivity contribution in [2.45, 2.75) is 69.5 Å². The number of pyridine rings is 1. The maximum Gasteiger partial charge on any atom is 0.410 e. The Hall–Kier alpha value is -5.26. The summed E-state index contributed by atoms with van der Waals surface area (Å²) in [7, 11) is 0. The molecule has 13 nitrogen and oxygen atoms in total. The van der Waals surface area contributed by atoms with Crippen LogP contribution < -0.4 is 10.6 Å². The first-order valence-electron chi connectivity index (χ1n) is 16.6. The van der Waals surface area contributed by atoms with E-state index < -0.39 is 84.6 Å². The van der Waals surface area contributed by atoms with Crippen LogP contribution in [0.25, 0.3) is 10.4 Å². The van der Waals surface area contributed by atoms with Crippen LogP contribution in [-0.2, 0) is 25.4 Å². The van der Waals surface area contributed by atoms with Crippen LogP contribution in [0.2, 0.25) is 5.02 Å². The number of carbonyl (C=O) groups excluding carboxylic acids is 3. The predicted molar refractivity (Wildman–Crippen MR) is 186 cm³/mol. The van der Waals surface area contributed by atoms with Crippen molar-refractivity contribution in [3.63, 3.8) is 0 Å². The summed E-state index contributed by atoms with van der Waals surface area (Å²) in [5.41, 5.74) is 8.59. The van der Waals surface area contributed by atoms with Crippen molar-refractivity contribution in [3.8, 4) is 0 Å². The fourth-order valence-electron chi connectivity index (χ4n) is 5.65. The van der Waals surface area contributed by atoms with Gasteiger partial charge in [-0.15, -0.1) is 0 Å². The molecule has 0 radical (unpaired) electrons. The Morgan fingerprint density at radius 1 is 1.07 bits per heavy atom. The van der Waals surface area contributed by atoms with Gasteiger partial charge in [0.1, 0.15) is 42.2 Å². The van der Waals surface area contributed by atoms with Crippen molar-refractivity contribution in [2.75, 3.05) is 31.6 Å². The lowest BCUT2D eigenvalue weighted by Crippen LogP contribution is -2.55. The minimum Gasteiger partial charge on any atom is -0.447 e. The highest BCUT2D eigenvalue weighted by molar-refractivity contribution is 6.30. The molecule has 1 fully saturated rings. The zero-order valence-corrected chi connectivity index (χ0v) is 30.3. The number of carbonyl (C=O) groups is 3.